The monoisotopic (exact) mass is 414 g/mol. The zero-order valence-corrected chi connectivity index (χ0v) is 16.3. The minimum atomic E-state index is -0.511. The molecule has 146 valence electrons. The summed E-state index contributed by atoms with van der Waals surface area (Å²) in [5.41, 5.74) is 7.40. The highest BCUT2D eigenvalue weighted by molar-refractivity contribution is 7.11. The highest BCUT2D eigenvalue weighted by Gasteiger charge is 2.13. The molecule has 2 aromatic carbocycles. The van der Waals surface area contributed by atoms with Gasteiger partial charge in [-0.1, -0.05) is 18.2 Å². The molecule has 0 aliphatic heterocycles. The van der Waals surface area contributed by atoms with Gasteiger partial charge in [0, 0.05) is 28.2 Å². The number of nitrogens with two attached hydrogens (primary N) is 1. The molecule has 1 amide bonds. The van der Waals surface area contributed by atoms with E-state index in [9.17, 15) is 14.9 Å². The van der Waals surface area contributed by atoms with Crippen LogP contribution in [0.1, 0.15) is 15.4 Å². The number of benzene rings is 2. The number of primary amides is 1. The highest BCUT2D eigenvalue weighted by Crippen LogP contribution is 2.26. The lowest BCUT2D eigenvalue weighted by atomic mass is 10.1. The summed E-state index contributed by atoms with van der Waals surface area (Å²) in [4.78, 5) is 27.9. The average molecular weight is 414 g/mol. The summed E-state index contributed by atoms with van der Waals surface area (Å²) in [6.45, 7) is 0. The van der Waals surface area contributed by atoms with Crippen molar-refractivity contribution < 1.29 is 9.21 Å². The molecule has 0 radical (unpaired) electrons. The summed E-state index contributed by atoms with van der Waals surface area (Å²) < 4.78 is 5.36. The smallest absolute Gasteiger partial charge is 0.345 e. The quantitative estimate of drug-likeness (QED) is 0.376. The van der Waals surface area contributed by atoms with Gasteiger partial charge in [0.1, 0.15) is 22.2 Å². The SMILES string of the molecule is N#C/C(=C/Nc1ccc(C(N)=O)cc1)c1nc(-c2cc3ccccc3oc2=O)cs1. The lowest BCUT2D eigenvalue weighted by molar-refractivity contribution is 0.100. The van der Waals surface area contributed by atoms with Crippen LogP contribution in [0.2, 0.25) is 0 Å². The van der Waals surface area contributed by atoms with Gasteiger partial charge < -0.3 is 15.5 Å². The molecule has 30 heavy (non-hydrogen) atoms. The number of hydrogen-bond donors (Lipinski definition) is 2. The van der Waals surface area contributed by atoms with Crippen LogP contribution >= 0.6 is 11.3 Å². The third-order valence-corrected chi connectivity index (χ3v) is 5.20. The summed E-state index contributed by atoms with van der Waals surface area (Å²) in [6, 6.07) is 17.6. The van der Waals surface area contributed by atoms with Gasteiger partial charge in [-0.15, -0.1) is 11.3 Å². The summed E-state index contributed by atoms with van der Waals surface area (Å²) in [5.74, 6) is -0.511. The van der Waals surface area contributed by atoms with E-state index >= 15 is 0 Å². The number of para-hydroxylation sites is 1. The first-order chi connectivity index (χ1) is 14.5. The molecular weight excluding hydrogens is 400 g/mol. The van der Waals surface area contributed by atoms with Crippen LogP contribution in [0, 0.1) is 11.3 Å². The molecule has 0 fully saturated rings. The van der Waals surface area contributed by atoms with Gasteiger partial charge in [0.05, 0.1) is 11.3 Å². The molecule has 0 aliphatic carbocycles. The molecule has 0 atom stereocenters. The third-order valence-electron chi connectivity index (χ3n) is 4.33. The van der Waals surface area contributed by atoms with Gasteiger partial charge in [-0.3, -0.25) is 4.79 Å². The Bertz CT molecular complexity index is 1380. The normalized spacial score (nSPS) is 11.2. The number of nitrogens with zero attached hydrogens (tertiary/aromatic N) is 2. The topological polar surface area (TPSA) is 122 Å². The molecule has 2 aromatic heterocycles. The van der Waals surface area contributed by atoms with Crippen LogP contribution in [-0.4, -0.2) is 10.9 Å². The molecule has 4 rings (SSSR count). The Morgan fingerprint density at radius 3 is 2.70 bits per heavy atom. The summed E-state index contributed by atoms with van der Waals surface area (Å²) in [5, 5.41) is 15.5. The number of carbonyl (C=O) groups is 1. The van der Waals surface area contributed by atoms with Crippen molar-refractivity contribution >= 4 is 39.5 Å². The molecule has 3 N–H and O–H groups in total. The van der Waals surface area contributed by atoms with Crippen molar-refractivity contribution in [3.63, 3.8) is 0 Å². The molecule has 0 saturated heterocycles. The van der Waals surface area contributed by atoms with Crippen LogP contribution in [0.3, 0.4) is 0 Å². The molecule has 2 heterocycles. The Labute approximate surface area is 174 Å². The van der Waals surface area contributed by atoms with Crippen molar-refractivity contribution in [3.05, 3.63) is 87.2 Å². The summed E-state index contributed by atoms with van der Waals surface area (Å²) in [7, 11) is 0. The second-order valence-corrected chi connectivity index (χ2v) is 7.14. The van der Waals surface area contributed by atoms with Gasteiger partial charge in [-0.2, -0.15) is 5.26 Å². The zero-order chi connectivity index (χ0) is 21.1. The second-order valence-electron chi connectivity index (χ2n) is 6.28. The Kier molecular flexibility index (Phi) is 5.11. The van der Waals surface area contributed by atoms with E-state index in [1.54, 1.807) is 47.8 Å². The van der Waals surface area contributed by atoms with Crippen molar-refractivity contribution in [2.24, 2.45) is 5.73 Å². The number of amides is 1. The number of allylic oxidation sites excluding steroid dienone is 1. The van der Waals surface area contributed by atoms with Gasteiger partial charge in [0.25, 0.3) is 0 Å². The van der Waals surface area contributed by atoms with E-state index in [0.717, 1.165) is 5.39 Å². The fraction of sp³-hybridized carbons (Fsp3) is 0. The average Bonchev–Trinajstić information content (AvgIpc) is 3.24. The number of carbonyl (C=O) groups excluding carboxylic acids is 1. The first-order valence-electron chi connectivity index (χ1n) is 8.81. The van der Waals surface area contributed by atoms with Crippen LogP contribution < -0.4 is 16.7 Å². The third kappa shape index (κ3) is 3.83. The molecule has 8 heteroatoms. The van der Waals surface area contributed by atoms with Crippen LogP contribution in [0.4, 0.5) is 5.69 Å². The number of hydrogen-bond acceptors (Lipinski definition) is 7. The maximum Gasteiger partial charge on any atom is 0.345 e. The molecule has 0 spiro atoms. The number of aromatic nitrogens is 1. The number of fused-ring (bicyclic) bond motifs is 1. The van der Waals surface area contributed by atoms with E-state index in [2.05, 4.69) is 16.4 Å². The minimum Gasteiger partial charge on any atom is -0.422 e. The van der Waals surface area contributed by atoms with E-state index in [-0.39, 0.29) is 0 Å². The van der Waals surface area contributed by atoms with Gasteiger partial charge in [-0.25, -0.2) is 9.78 Å². The Balaban J connectivity index is 1.61. The van der Waals surface area contributed by atoms with Crippen LogP contribution in [0.5, 0.6) is 0 Å². The van der Waals surface area contributed by atoms with E-state index in [0.29, 0.717) is 38.7 Å². The maximum absolute atomic E-state index is 12.3. The lowest BCUT2D eigenvalue weighted by Gasteiger charge is -2.02. The molecule has 4 aromatic rings. The molecule has 0 bridgehead atoms. The van der Waals surface area contributed by atoms with Crippen LogP contribution in [0.15, 0.2) is 75.4 Å². The van der Waals surface area contributed by atoms with Gasteiger partial charge >= 0.3 is 5.63 Å². The first kappa shape index (κ1) is 19.1. The van der Waals surface area contributed by atoms with Crippen molar-refractivity contribution in [2.45, 2.75) is 0 Å². The summed E-state index contributed by atoms with van der Waals surface area (Å²) in [6.07, 6.45) is 1.52. The van der Waals surface area contributed by atoms with Gasteiger partial charge in [0.15, 0.2) is 0 Å². The number of thiazole rings is 1. The van der Waals surface area contributed by atoms with Crippen LogP contribution in [0.25, 0.3) is 27.8 Å². The van der Waals surface area contributed by atoms with Gasteiger partial charge in [0.2, 0.25) is 5.91 Å². The Morgan fingerprint density at radius 2 is 1.97 bits per heavy atom. The largest absolute Gasteiger partial charge is 0.422 e. The van der Waals surface area contributed by atoms with Crippen molar-refractivity contribution in [1.29, 1.82) is 5.26 Å². The molecule has 0 saturated carbocycles. The fourth-order valence-corrected chi connectivity index (χ4v) is 3.58. The second kappa shape index (κ2) is 8.03. The predicted octanol–water partition coefficient (Wildman–Crippen LogP) is 3.99. The van der Waals surface area contributed by atoms with Gasteiger partial charge in [-0.05, 0) is 36.4 Å². The molecule has 0 unspecified atom stereocenters. The highest BCUT2D eigenvalue weighted by atomic mass is 32.1. The maximum atomic E-state index is 12.3. The van der Waals surface area contributed by atoms with Crippen molar-refractivity contribution in [1.82, 2.24) is 4.98 Å². The Hall–Kier alpha value is -4.22. The predicted molar refractivity (Wildman–Crippen MR) is 116 cm³/mol. The summed E-state index contributed by atoms with van der Waals surface area (Å²) >= 11 is 1.25. The Morgan fingerprint density at radius 1 is 1.20 bits per heavy atom. The number of rotatable bonds is 5. The molecule has 0 aliphatic rings. The van der Waals surface area contributed by atoms with Crippen molar-refractivity contribution in [2.75, 3.05) is 5.32 Å². The van der Waals surface area contributed by atoms with E-state index in [1.165, 1.54) is 17.5 Å². The number of nitriles is 1. The van der Waals surface area contributed by atoms with E-state index in [1.807, 2.05) is 12.1 Å². The minimum absolute atomic E-state index is 0.301. The first-order valence-corrected chi connectivity index (χ1v) is 9.69. The van der Waals surface area contributed by atoms with Crippen LogP contribution in [-0.2, 0) is 0 Å². The van der Waals surface area contributed by atoms with E-state index < -0.39 is 11.5 Å². The van der Waals surface area contributed by atoms with E-state index in [4.69, 9.17) is 10.2 Å². The zero-order valence-electron chi connectivity index (χ0n) is 15.5. The van der Waals surface area contributed by atoms with Crippen molar-refractivity contribution in [3.8, 4) is 17.3 Å². The molecule has 7 nitrogen and oxygen atoms in total. The standard InChI is InChI=1S/C22H14N4O3S/c23-10-15(11-25-16-7-5-13(6-8-16)20(24)27)21-26-18(12-30-21)17-9-14-3-1-2-4-19(14)29-22(17)28/h1-9,11-12,25H,(H2,24,27)/b15-11-. The fourth-order valence-electron chi connectivity index (χ4n) is 2.79. The number of nitrogens with one attached hydrogen (secondary N) is 1. The lowest BCUT2D eigenvalue weighted by Crippen LogP contribution is -2.10. The molecular formula is C22H14N4O3S. The number of anilines is 1.